The Hall–Kier alpha value is -3.84. The second kappa shape index (κ2) is 7.81. The van der Waals surface area contributed by atoms with Crippen LogP contribution in [-0.4, -0.2) is 10.8 Å². The van der Waals surface area contributed by atoms with Crippen LogP contribution in [0.25, 0.3) is 10.9 Å². The number of Topliss-reactive ketones (excluding diaryl/α,β-unsaturated/α-hetero) is 1. The molecule has 1 heterocycles. The molecule has 2 N–H and O–H groups in total. The fourth-order valence-electron chi connectivity index (χ4n) is 3.35. The van der Waals surface area contributed by atoms with E-state index >= 15 is 0 Å². The van der Waals surface area contributed by atoms with Crippen molar-refractivity contribution in [2.24, 2.45) is 0 Å². The molecule has 4 rings (SSSR count). The van der Waals surface area contributed by atoms with Crippen molar-refractivity contribution in [3.8, 4) is 6.07 Å². The maximum atomic E-state index is 13.5. The van der Waals surface area contributed by atoms with Gasteiger partial charge < -0.3 is 10.3 Å². The Labute approximate surface area is 163 Å². The molecule has 0 spiro atoms. The molecular weight excluding hydrogens is 346 g/mol. The van der Waals surface area contributed by atoms with Crippen molar-refractivity contribution in [3.63, 3.8) is 0 Å². The molecule has 0 aliphatic rings. The Morgan fingerprint density at radius 3 is 2.43 bits per heavy atom. The van der Waals surface area contributed by atoms with E-state index in [1.165, 1.54) is 0 Å². The molecule has 1 aromatic heterocycles. The first-order valence-corrected chi connectivity index (χ1v) is 9.14. The lowest BCUT2D eigenvalue weighted by molar-refractivity contribution is 0.0971. The lowest BCUT2D eigenvalue weighted by atomic mass is 9.96. The van der Waals surface area contributed by atoms with Crippen molar-refractivity contribution in [1.82, 2.24) is 4.98 Å². The second-order valence-electron chi connectivity index (χ2n) is 6.63. The highest BCUT2D eigenvalue weighted by atomic mass is 16.1. The Kier molecular flexibility index (Phi) is 4.90. The summed E-state index contributed by atoms with van der Waals surface area (Å²) in [5.74, 6) is 0.00440. The average molecular weight is 365 g/mol. The first kappa shape index (κ1) is 17.6. The van der Waals surface area contributed by atoms with E-state index < -0.39 is 6.04 Å². The maximum absolute atomic E-state index is 13.5. The van der Waals surface area contributed by atoms with E-state index in [4.69, 9.17) is 5.26 Å². The number of nitriles is 1. The maximum Gasteiger partial charge on any atom is 0.191 e. The summed E-state index contributed by atoms with van der Waals surface area (Å²) in [4.78, 5) is 16.7. The highest BCUT2D eigenvalue weighted by molar-refractivity contribution is 6.11. The number of aromatic amines is 1. The number of aromatic nitrogens is 1. The fraction of sp³-hybridized carbons (Fsp3) is 0.0833. The van der Waals surface area contributed by atoms with Gasteiger partial charge in [0.25, 0.3) is 0 Å². The molecule has 0 unspecified atom stereocenters. The molecule has 0 bridgehead atoms. The Morgan fingerprint density at radius 1 is 0.964 bits per heavy atom. The van der Waals surface area contributed by atoms with Crippen LogP contribution in [0, 0.1) is 11.3 Å². The molecule has 0 aliphatic heterocycles. The summed E-state index contributed by atoms with van der Waals surface area (Å²) >= 11 is 0. The predicted octanol–water partition coefficient (Wildman–Crippen LogP) is 5.27. The summed E-state index contributed by atoms with van der Waals surface area (Å²) in [6, 6.07) is 26.8. The summed E-state index contributed by atoms with van der Waals surface area (Å²) in [5, 5.41) is 13.1. The minimum Gasteiger partial charge on any atom is -0.371 e. The standard InChI is InChI=1S/C24H19N3O/c25-15-14-17-10-12-19(13-11-17)27-23(18-6-2-1-3-7-18)24(28)21-16-26-22-9-5-4-8-20(21)22/h1-13,16,23,26-27H,14H2/t23-/m0/s1. The number of ketones is 1. The number of benzene rings is 3. The van der Waals surface area contributed by atoms with E-state index in [9.17, 15) is 4.79 Å². The third-order valence-corrected chi connectivity index (χ3v) is 4.80. The molecule has 0 saturated heterocycles. The van der Waals surface area contributed by atoms with Crippen LogP contribution in [0.15, 0.2) is 85.1 Å². The molecule has 0 fully saturated rings. The highest BCUT2D eigenvalue weighted by Gasteiger charge is 2.24. The molecule has 1 atom stereocenters. The Bertz CT molecular complexity index is 1140. The minimum atomic E-state index is -0.512. The van der Waals surface area contributed by atoms with Gasteiger partial charge in [0.1, 0.15) is 6.04 Å². The van der Waals surface area contributed by atoms with E-state index in [0.29, 0.717) is 12.0 Å². The minimum absolute atomic E-state index is 0.00440. The molecule has 0 amide bonds. The summed E-state index contributed by atoms with van der Waals surface area (Å²) < 4.78 is 0. The van der Waals surface area contributed by atoms with Crippen molar-refractivity contribution in [1.29, 1.82) is 5.26 Å². The molecule has 4 nitrogen and oxygen atoms in total. The zero-order chi connectivity index (χ0) is 19.3. The summed E-state index contributed by atoms with van der Waals surface area (Å²) in [6.45, 7) is 0. The van der Waals surface area contributed by atoms with Gasteiger partial charge in [0.05, 0.1) is 12.5 Å². The van der Waals surface area contributed by atoms with Gasteiger partial charge in [-0.2, -0.15) is 5.26 Å². The number of carbonyl (C=O) groups is 1. The van der Waals surface area contributed by atoms with Gasteiger partial charge in [-0.3, -0.25) is 4.79 Å². The normalized spacial score (nSPS) is 11.7. The monoisotopic (exact) mass is 365 g/mol. The number of nitrogens with one attached hydrogen (secondary N) is 2. The Balaban J connectivity index is 1.70. The van der Waals surface area contributed by atoms with Crippen LogP contribution in [0.4, 0.5) is 5.69 Å². The predicted molar refractivity (Wildman–Crippen MR) is 111 cm³/mol. The average Bonchev–Trinajstić information content (AvgIpc) is 3.18. The summed E-state index contributed by atoms with van der Waals surface area (Å²) in [5.41, 5.74) is 4.30. The lowest BCUT2D eigenvalue weighted by Crippen LogP contribution is -2.21. The largest absolute Gasteiger partial charge is 0.371 e. The molecular formula is C24H19N3O. The van der Waals surface area contributed by atoms with Crippen molar-refractivity contribution in [3.05, 3.63) is 102 Å². The number of para-hydroxylation sites is 1. The smallest absolute Gasteiger partial charge is 0.191 e. The fourth-order valence-corrected chi connectivity index (χ4v) is 3.35. The van der Waals surface area contributed by atoms with E-state index in [1.807, 2.05) is 78.9 Å². The van der Waals surface area contributed by atoms with E-state index in [-0.39, 0.29) is 5.78 Å². The van der Waals surface area contributed by atoms with Crippen LogP contribution in [0.3, 0.4) is 0 Å². The number of H-pyrrole nitrogens is 1. The molecule has 136 valence electrons. The molecule has 4 heteroatoms. The van der Waals surface area contributed by atoms with E-state index in [0.717, 1.165) is 27.7 Å². The quantitative estimate of drug-likeness (QED) is 0.457. The van der Waals surface area contributed by atoms with Crippen molar-refractivity contribution in [2.75, 3.05) is 5.32 Å². The Morgan fingerprint density at radius 2 is 1.68 bits per heavy atom. The third kappa shape index (κ3) is 3.51. The van der Waals surface area contributed by atoms with Gasteiger partial charge in [-0.1, -0.05) is 60.7 Å². The van der Waals surface area contributed by atoms with E-state index in [1.54, 1.807) is 6.20 Å². The zero-order valence-electron chi connectivity index (χ0n) is 15.2. The molecule has 0 radical (unpaired) electrons. The number of anilines is 1. The van der Waals surface area contributed by atoms with Crippen LogP contribution in [0.1, 0.15) is 27.5 Å². The van der Waals surface area contributed by atoms with Crippen LogP contribution in [0.5, 0.6) is 0 Å². The molecule has 4 aromatic rings. The van der Waals surface area contributed by atoms with Crippen LogP contribution >= 0.6 is 0 Å². The molecule has 28 heavy (non-hydrogen) atoms. The third-order valence-electron chi connectivity index (χ3n) is 4.80. The van der Waals surface area contributed by atoms with Gasteiger partial charge in [0.2, 0.25) is 0 Å². The summed E-state index contributed by atoms with van der Waals surface area (Å²) in [6.07, 6.45) is 2.15. The second-order valence-corrected chi connectivity index (χ2v) is 6.63. The number of fused-ring (bicyclic) bond motifs is 1. The zero-order valence-corrected chi connectivity index (χ0v) is 15.2. The van der Waals surface area contributed by atoms with Gasteiger partial charge in [0.15, 0.2) is 5.78 Å². The van der Waals surface area contributed by atoms with Crippen LogP contribution < -0.4 is 5.32 Å². The topological polar surface area (TPSA) is 68.7 Å². The van der Waals surface area contributed by atoms with Gasteiger partial charge >= 0.3 is 0 Å². The number of carbonyl (C=O) groups excluding carboxylic acids is 1. The SMILES string of the molecule is N#CCc1ccc(N[C@H](C(=O)c2c[nH]c3ccccc23)c2ccccc2)cc1. The van der Waals surface area contributed by atoms with Crippen LogP contribution in [-0.2, 0) is 6.42 Å². The van der Waals surface area contributed by atoms with Crippen molar-refractivity contribution >= 4 is 22.4 Å². The lowest BCUT2D eigenvalue weighted by Gasteiger charge is -2.19. The first-order valence-electron chi connectivity index (χ1n) is 9.14. The van der Waals surface area contributed by atoms with Gasteiger partial charge in [-0.15, -0.1) is 0 Å². The number of hydrogen-bond donors (Lipinski definition) is 2. The first-order chi connectivity index (χ1) is 13.8. The summed E-state index contributed by atoms with van der Waals surface area (Å²) in [7, 11) is 0. The highest BCUT2D eigenvalue weighted by Crippen LogP contribution is 2.27. The van der Waals surface area contributed by atoms with Crippen molar-refractivity contribution in [2.45, 2.75) is 12.5 Å². The molecule has 3 aromatic carbocycles. The van der Waals surface area contributed by atoms with E-state index in [2.05, 4.69) is 16.4 Å². The van der Waals surface area contributed by atoms with Crippen molar-refractivity contribution < 1.29 is 4.79 Å². The number of hydrogen-bond acceptors (Lipinski definition) is 3. The molecule has 0 saturated carbocycles. The molecule has 0 aliphatic carbocycles. The van der Waals surface area contributed by atoms with Gasteiger partial charge in [0, 0.05) is 28.4 Å². The van der Waals surface area contributed by atoms with Gasteiger partial charge in [-0.05, 0) is 29.3 Å². The number of rotatable bonds is 6. The number of nitrogens with zero attached hydrogens (tertiary/aromatic N) is 1. The van der Waals surface area contributed by atoms with Gasteiger partial charge in [-0.25, -0.2) is 0 Å². The van der Waals surface area contributed by atoms with Crippen LogP contribution in [0.2, 0.25) is 0 Å².